The van der Waals surface area contributed by atoms with Crippen molar-refractivity contribution in [1.29, 1.82) is 0 Å². The van der Waals surface area contributed by atoms with Gasteiger partial charge in [0.1, 0.15) is 11.5 Å². The predicted octanol–water partition coefficient (Wildman–Crippen LogP) is 3.05. The van der Waals surface area contributed by atoms with Gasteiger partial charge in [-0.25, -0.2) is 9.97 Å². The standard InChI is InChI=1S/C21H22N6O/c28-20(21(9-10-21)15-6-2-1-3-7-15)27-13-5-4-8-17(27)19-24-18(25-26-19)16-14-22-11-12-23-16/h1-3,6-7,11-12,14,17H,4-5,8-10,13H2,(H,24,25,26). The molecule has 1 aliphatic heterocycles. The second-order valence-corrected chi connectivity index (χ2v) is 7.59. The maximum absolute atomic E-state index is 13.6. The van der Waals surface area contributed by atoms with E-state index in [1.165, 1.54) is 0 Å². The fourth-order valence-electron chi connectivity index (χ4n) is 4.19. The molecule has 2 aromatic heterocycles. The molecule has 7 nitrogen and oxygen atoms in total. The van der Waals surface area contributed by atoms with Gasteiger partial charge >= 0.3 is 0 Å². The summed E-state index contributed by atoms with van der Waals surface area (Å²) in [5.41, 5.74) is 1.40. The van der Waals surface area contributed by atoms with Crippen LogP contribution in [0.5, 0.6) is 0 Å². The van der Waals surface area contributed by atoms with Gasteiger partial charge in [-0.3, -0.25) is 14.9 Å². The van der Waals surface area contributed by atoms with E-state index in [1.807, 2.05) is 23.1 Å². The number of rotatable bonds is 4. The van der Waals surface area contributed by atoms with Crippen LogP contribution in [0, 0.1) is 0 Å². The molecular weight excluding hydrogens is 352 g/mol. The van der Waals surface area contributed by atoms with Crippen molar-refractivity contribution in [2.75, 3.05) is 6.54 Å². The SMILES string of the molecule is O=C(N1CCCCC1c1nc(-c2cnccn2)n[nH]1)C1(c2ccccc2)CC1. The Labute approximate surface area is 163 Å². The maximum atomic E-state index is 13.6. The molecule has 2 aliphatic rings. The molecule has 7 heteroatoms. The zero-order valence-electron chi connectivity index (χ0n) is 15.6. The van der Waals surface area contributed by atoms with Crippen LogP contribution in [0.1, 0.15) is 49.5 Å². The Balaban J connectivity index is 1.43. The predicted molar refractivity (Wildman–Crippen MR) is 103 cm³/mol. The Bertz CT molecular complexity index is 967. The van der Waals surface area contributed by atoms with Crippen LogP contribution < -0.4 is 0 Å². The molecular formula is C21H22N6O. The van der Waals surface area contributed by atoms with Gasteiger partial charge in [0.15, 0.2) is 0 Å². The van der Waals surface area contributed by atoms with Crippen molar-refractivity contribution in [3.63, 3.8) is 0 Å². The van der Waals surface area contributed by atoms with E-state index in [4.69, 9.17) is 0 Å². The topological polar surface area (TPSA) is 87.7 Å². The minimum absolute atomic E-state index is 0.0691. The highest BCUT2D eigenvalue weighted by Crippen LogP contribution is 2.51. The van der Waals surface area contributed by atoms with Crippen molar-refractivity contribution in [3.05, 3.63) is 60.3 Å². The van der Waals surface area contributed by atoms with E-state index in [0.717, 1.165) is 50.0 Å². The lowest BCUT2D eigenvalue weighted by Gasteiger charge is -2.37. The van der Waals surface area contributed by atoms with Gasteiger partial charge in [-0.05, 0) is 37.7 Å². The minimum atomic E-state index is -0.357. The van der Waals surface area contributed by atoms with E-state index in [-0.39, 0.29) is 17.4 Å². The van der Waals surface area contributed by atoms with Gasteiger partial charge in [0.2, 0.25) is 11.7 Å². The number of carbonyl (C=O) groups excluding carboxylic acids is 1. The molecule has 1 saturated carbocycles. The first-order valence-corrected chi connectivity index (χ1v) is 9.83. The summed E-state index contributed by atoms with van der Waals surface area (Å²) in [5, 5.41) is 7.36. The Kier molecular flexibility index (Phi) is 4.15. The van der Waals surface area contributed by atoms with Crippen LogP contribution in [-0.4, -0.2) is 42.5 Å². The van der Waals surface area contributed by atoms with Crippen LogP contribution in [0.15, 0.2) is 48.9 Å². The average molecular weight is 374 g/mol. The molecule has 0 radical (unpaired) electrons. The van der Waals surface area contributed by atoms with Crippen LogP contribution in [0.3, 0.4) is 0 Å². The molecule has 1 aliphatic carbocycles. The number of carbonyl (C=O) groups is 1. The Hall–Kier alpha value is -3.09. The van der Waals surface area contributed by atoms with Crippen molar-refractivity contribution in [2.45, 2.75) is 43.6 Å². The van der Waals surface area contributed by atoms with E-state index in [0.29, 0.717) is 11.5 Å². The Morgan fingerprint density at radius 2 is 2.00 bits per heavy atom. The molecule has 3 aromatic rings. The lowest BCUT2D eigenvalue weighted by Crippen LogP contribution is -2.44. The van der Waals surface area contributed by atoms with E-state index in [9.17, 15) is 4.79 Å². The molecule has 1 aromatic carbocycles. The molecule has 2 fully saturated rings. The molecule has 0 bridgehead atoms. The molecule has 1 saturated heterocycles. The third-order valence-corrected chi connectivity index (χ3v) is 5.86. The smallest absolute Gasteiger partial charge is 0.233 e. The van der Waals surface area contributed by atoms with Crippen LogP contribution in [0.25, 0.3) is 11.5 Å². The van der Waals surface area contributed by atoms with Crippen LogP contribution >= 0.6 is 0 Å². The highest BCUT2D eigenvalue weighted by atomic mass is 16.2. The van der Waals surface area contributed by atoms with Crippen molar-refractivity contribution in [3.8, 4) is 11.5 Å². The number of aromatic nitrogens is 5. The number of hydrogen-bond donors (Lipinski definition) is 1. The third kappa shape index (κ3) is 2.87. The van der Waals surface area contributed by atoms with Crippen molar-refractivity contribution in [2.24, 2.45) is 0 Å². The summed E-state index contributed by atoms with van der Waals surface area (Å²) < 4.78 is 0. The molecule has 5 rings (SSSR count). The summed E-state index contributed by atoms with van der Waals surface area (Å²) in [5.74, 6) is 1.48. The molecule has 3 heterocycles. The van der Waals surface area contributed by atoms with Crippen LogP contribution in [-0.2, 0) is 10.2 Å². The summed E-state index contributed by atoms with van der Waals surface area (Å²) in [7, 11) is 0. The van der Waals surface area contributed by atoms with Gasteiger partial charge < -0.3 is 4.90 Å². The van der Waals surface area contributed by atoms with Gasteiger partial charge in [0.05, 0.1) is 17.7 Å². The summed E-state index contributed by atoms with van der Waals surface area (Å²) in [6, 6.07) is 10.1. The number of likely N-dealkylation sites (tertiary alicyclic amines) is 1. The molecule has 142 valence electrons. The van der Waals surface area contributed by atoms with Crippen LogP contribution in [0.4, 0.5) is 0 Å². The third-order valence-electron chi connectivity index (χ3n) is 5.86. The summed E-state index contributed by atoms with van der Waals surface area (Å²) in [6.45, 7) is 0.763. The summed E-state index contributed by atoms with van der Waals surface area (Å²) in [4.78, 5) is 28.6. The zero-order chi connectivity index (χ0) is 19.0. The lowest BCUT2D eigenvalue weighted by molar-refractivity contribution is -0.138. The second kappa shape index (κ2) is 6.82. The molecule has 0 spiro atoms. The number of benzene rings is 1. The number of nitrogens with zero attached hydrogens (tertiary/aromatic N) is 5. The quantitative estimate of drug-likeness (QED) is 0.758. The minimum Gasteiger partial charge on any atom is -0.332 e. The van der Waals surface area contributed by atoms with Gasteiger partial charge in [0, 0.05) is 18.9 Å². The molecule has 28 heavy (non-hydrogen) atoms. The number of hydrogen-bond acceptors (Lipinski definition) is 5. The average Bonchev–Trinajstić information content (AvgIpc) is 3.44. The van der Waals surface area contributed by atoms with E-state index < -0.39 is 0 Å². The maximum Gasteiger partial charge on any atom is 0.233 e. The van der Waals surface area contributed by atoms with Gasteiger partial charge in [-0.15, -0.1) is 0 Å². The number of H-pyrrole nitrogens is 1. The monoisotopic (exact) mass is 374 g/mol. The molecule has 1 unspecified atom stereocenters. The lowest BCUT2D eigenvalue weighted by atomic mass is 9.91. The number of nitrogens with one attached hydrogen (secondary N) is 1. The Morgan fingerprint density at radius 1 is 1.14 bits per heavy atom. The Morgan fingerprint density at radius 3 is 2.75 bits per heavy atom. The fourth-order valence-corrected chi connectivity index (χ4v) is 4.19. The summed E-state index contributed by atoms with van der Waals surface area (Å²) >= 11 is 0. The van der Waals surface area contributed by atoms with Gasteiger partial charge in [0.25, 0.3) is 0 Å². The van der Waals surface area contributed by atoms with Gasteiger partial charge in [-0.1, -0.05) is 30.3 Å². The van der Waals surface area contributed by atoms with Gasteiger partial charge in [-0.2, -0.15) is 5.10 Å². The first kappa shape index (κ1) is 17.0. The van der Waals surface area contributed by atoms with E-state index in [1.54, 1.807) is 18.6 Å². The molecule has 1 amide bonds. The number of aromatic amines is 1. The number of amides is 1. The van der Waals surface area contributed by atoms with Crippen molar-refractivity contribution >= 4 is 5.91 Å². The van der Waals surface area contributed by atoms with E-state index in [2.05, 4.69) is 37.3 Å². The highest BCUT2D eigenvalue weighted by molar-refractivity contribution is 5.91. The number of piperidine rings is 1. The molecule has 1 atom stereocenters. The second-order valence-electron chi connectivity index (χ2n) is 7.59. The first-order valence-electron chi connectivity index (χ1n) is 9.83. The van der Waals surface area contributed by atoms with Crippen LogP contribution in [0.2, 0.25) is 0 Å². The normalized spacial score (nSPS) is 20.7. The summed E-state index contributed by atoms with van der Waals surface area (Å²) in [6.07, 6.45) is 9.72. The fraction of sp³-hybridized carbons (Fsp3) is 0.381. The zero-order valence-corrected chi connectivity index (χ0v) is 15.6. The van der Waals surface area contributed by atoms with Crippen molar-refractivity contribution < 1.29 is 4.79 Å². The van der Waals surface area contributed by atoms with E-state index >= 15 is 0 Å². The first-order chi connectivity index (χ1) is 13.8. The molecule has 1 N–H and O–H groups in total. The largest absolute Gasteiger partial charge is 0.332 e. The van der Waals surface area contributed by atoms with Crippen molar-refractivity contribution in [1.82, 2.24) is 30.0 Å². The highest BCUT2D eigenvalue weighted by Gasteiger charge is 2.54.